The zero-order valence-corrected chi connectivity index (χ0v) is 10.2. The topological polar surface area (TPSA) is 29.5 Å². The highest BCUT2D eigenvalue weighted by Gasteiger charge is 2.22. The van der Waals surface area contributed by atoms with Crippen LogP contribution in [0.25, 0.3) is 0 Å². The fourth-order valence-electron chi connectivity index (χ4n) is 2.08. The molecule has 0 radical (unpaired) electrons. The van der Waals surface area contributed by atoms with Crippen molar-refractivity contribution >= 4 is 6.09 Å². The van der Waals surface area contributed by atoms with E-state index in [1.54, 1.807) is 4.90 Å². The van der Waals surface area contributed by atoms with Gasteiger partial charge in [-0.3, -0.25) is 0 Å². The average Bonchev–Trinajstić information content (AvgIpc) is 2.43. The lowest BCUT2D eigenvalue weighted by atomic mass is 10.1. The van der Waals surface area contributed by atoms with Crippen molar-refractivity contribution in [2.45, 2.75) is 64.5 Å². The molecule has 3 nitrogen and oxygen atoms in total. The Morgan fingerprint density at radius 1 is 1.20 bits per heavy atom. The van der Waals surface area contributed by atoms with Crippen LogP contribution in [0.5, 0.6) is 0 Å². The molecule has 0 aliphatic heterocycles. The highest BCUT2D eigenvalue weighted by atomic mass is 16.6. The Balaban J connectivity index is 2.42. The van der Waals surface area contributed by atoms with Gasteiger partial charge in [0.15, 0.2) is 0 Å². The van der Waals surface area contributed by atoms with Gasteiger partial charge in [0, 0.05) is 13.1 Å². The van der Waals surface area contributed by atoms with Crippen LogP contribution in [0.4, 0.5) is 4.79 Å². The summed E-state index contributed by atoms with van der Waals surface area (Å²) in [6.07, 6.45) is 7.16. The van der Waals surface area contributed by atoms with Gasteiger partial charge in [0.1, 0.15) is 0 Å². The zero-order valence-electron chi connectivity index (χ0n) is 10.2. The molecule has 1 saturated carbocycles. The van der Waals surface area contributed by atoms with Gasteiger partial charge in [-0.15, -0.1) is 0 Å². The van der Waals surface area contributed by atoms with Gasteiger partial charge in [0.2, 0.25) is 0 Å². The molecule has 15 heavy (non-hydrogen) atoms. The normalized spacial score (nSPS) is 18.7. The fourth-order valence-corrected chi connectivity index (χ4v) is 2.08. The van der Waals surface area contributed by atoms with Crippen LogP contribution in [0.1, 0.15) is 52.4 Å². The number of ether oxygens (including phenoxy) is 1. The van der Waals surface area contributed by atoms with E-state index in [0.29, 0.717) is 6.04 Å². The van der Waals surface area contributed by atoms with E-state index in [1.165, 1.54) is 25.7 Å². The molecule has 0 spiro atoms. The number of amides is 1. The maximum Gasteiger partial charge on any atom is 0.410 e. The molecule has 1 aliphatic carbocycles. The van der Waals surface area contributed by atoms with Gasteiger partial charge in [0.25, 0.3) is 0 Å². The standard InChI is InChI=1S/C12H23NO2/c1-10(2)15-12(14)13(3)11-8-6-4-5-7-9-11/h10-11H,4-9H2,1-3H3. The first-order valence-electron chi connectivity index (χ1n) is 6.04. The maximum absolute atomic E-state index is 11.7. The summed E-state index contributed by atoms with van der Waals surface area (Å²) in [7, 11) is 1.86. The summed E-state index contributed by atoms with van der Waals surface area (Å²) in [4.78, 5) is 13.5. The molecular formula is C12H23NO2. The van der Waals surface area contributed by atoms with Crippen molar-refractivity contribution in [3.05, 3.63) is 0 Å². The van der Waals surface area contributed by atoms with Gasteiger partial charge < -0.3 is 9.64 Å². The largest absolute Gasteiger partial charge is 0.447 e. The third-order valence-corrected chi connectivity index (χ3v) is 3.00. The maximum atomic E-state index is 11.7. The number of nitrogens with zero attached hydrogens (tertiary/aromatic N) is 1. The molecule has 0 N–H and O–H groups in total. The number of rotatable bonds is 2. The Morgan fingerprint density at radius 2 is 1.73 bits per heavy atom. The minimum atomic E-state index is -0.170. The molecule has 3 heteroatoms. The SMILES string of the molecule is CC(C)OC(=O)N(C)C1CCCCCC1. The van der Waals surface area contributed by atoms with E-state index in [2.05, 4.69) is 0 Å². The van der Waals surface area contributed by atoms with E-state index >= 15 is 0 Å². The first-order valence-corrected chi connectivity index (χ1v) is 6.04. The van der Waals surface area contributed by atoms with E-state index < -0.39 is 0 Å². The molecule has 1 aliphatic rings. The first kappa shape index (κ1) is 12.3. The smallest absolute Gasteiger partial charge is 0.410 e. The molecule has 1 amide bonds. The Labute approximate surface area is 92.8 Å². The third kappa shape index (κ3) is 4.10. The molecular weight excluding hydrogens is 190 g/mol. The van der Waals surface area contributed by atoms with Crippen LogP contribution in [0.3, 0.4) is 0 Å². The summed E-state index contributed by atoms with van der Waals surface area (Å²) >= 11 is 0. The van der Waals surface area contributed by atoms with Gasteiger partial charge in [-0.1, -0.05) is 25.7 Å². The van der Waals surface area contributed by atoms with Crippen molar-refractivity contribution < 1.29 is 9.53 Å². The molecule has 1 rings (SSSR count). The van der Waals surface area contributed by atoms with Crippen molar-refractivity contribution in [2.75, 3.05) is 7.05 Å². The molecule has 0 atom stereocenters. The van der Waals surface area contributed by atoms with Gasteiger partial charge in [-0.2, -0.15) is 0 Å². The van der Waals surface area contributed by atoms with Gasteiger partial charge in [-0.25, -0.2) is 4.79 Å². The van der Waals surface area contributed by atoms with E-state index in [1.807, 2.05) is 20.9 Å². The highest BCUT2D eigenvalue weighted by molar-refractivity contribution is 5.67. The molecule has 1 fully saturated rings. The van der Waals surface area contributed by atoms with Crippen molar-refractivity contribution in [1.82, 2.24) is 4.90 Å². The molecule has 0 aromatic carbocycles. The summed E-state index contributed by atoms with van der Waals surface area (Å²) in [5.41, 5.74) is 0. The van der Waals surface area contributed by atoms with Crippen LogP contribution in [-0.4, -0.2) is 30.2 Å². The van der Waals surface area contributed by atoms with Crippen molar-refractivity contribution in [3.63, 3.8) is 0 Å². The van der Waals surface area contributed by atoms with E-state index in [0.717, 1.165) is 12.8 Å². The lowest BCUT2D eigenvalue weighted by molar-refractivity contribution is 0.0700. The van der Waals surface area contributed by atoms with Crippen LogP contribution < -0.4 is 0 Å². The quantitative estimate of drug-likeness (QED) is 0.659. The average molecular weight is 213 g/mol. The molecule has 0 saturated heterocycles. The van der Waals surface area contributed by atoms with Crippen LogP contribution in [0, 0.1) is 0 Å². The number of carbonyl (C=O) groups is 1. The Hall–Kier alpha value is -0.730. The Bertz CT molecular complexity index is 196. The molecule has 0 unspecified atom stereocenters. The molecule has 0 aromatic heterocycles. The van der Waals surface area contributed by atoms with Gasteiger partial charge in [-0.05, 0) is 26.7 Å². The summed E-state index contributed by atoms with van der Waals surface area (Å²) in [5.74, 6) is 0. The first-order chi connectivity index (χ1) is 7.11. The number of hydrogen-bond acceptors (Lipinski definition) is 2. The van der Waals surface area contributed by atoms with Crippen LogP contribution >= 0.6 is 0 Å². The Morgan fingerprint density at radius 3 is 2.20 bits per heavy atom. The minimum Gasteiger partial charge on any atom is -0.447 e. The highest BCUT2D eigenvalue weighted by Crippen LogP contribution is 2.21. The lowest BCUT2D eigenvalue weighted by Gasteiger charge is -2.27. The Kier molecular flexibility index (Phi) is 4.92. The predicted octanol–water partition coefficient (Wildman–Crippen LogP) is 3.19. The second kappa shape index (κ2) is 5.99. The lowest BCUT2D eigenvalue weighted by Crippen LogP contribution is -2.38. The van der Waals surface area contributed by atoms with E-state index in [9.17, 15) is 4.79 Å². The molecule has 0 heterocycles. The summed E-state index contributed by atoms with van der Waals surface area (Å²) in [6.45, 7) is 3.78. The van der Waals surface area contributed by atoms with Crippen LogP contribution in [0.15, 0.2) is 0 Å². The molecule has 88 valence electrons. The zero-order chi connectivity index (χ0) is 11.3. The number of carbonyl (C=O) groups excluding carboxylic acids is 1. The van der Waals surface area contributed by atoms with Crippen molar-refractivity contribution in [2.24, 2.45) is 0 Å². The second-order valence-electron chi connectivity index (χ2n) is 4.69. The van der Waals surface area contributed by atoms with Gasteiger partial charge in [0.05, 0.1) is 6.10 Å². The number of hydrogen-bond donors (Lipinski definition) is 0. The van der Waals surface area contributed by atoms with Crippen LogP contribution in [0.2, 0.25) is 0 Å². The van der Waals surface area contributed by atoms with Crippen molar-refractivity contribution in [3.8, 4) is 0 Å². The molecule has 0 aromatic rings. The van der Waals surface area contributed by atoms with E-state index in [4.69, 9.17) is 4.74 Å². The monoisotopic (exact) mass is 213 g/mol. The second-order valence-corrected chi connectivity index (χ2v) is 4.69. The van der Waals surface area contributed by atoms with E-state index in [-0.39, 0.29) is 12.2 Å². The molecule has 0 bridgehead atoms. The van der Waals surface area contributed by atoms with Crippen molar-refractivity contribution in [1.29, 1.82) is 0 Å². The minimum absolute atomic E-state index is 0.0225. The van der Waals surface area contributed by atoms with Gasteiger partial charge >= 0.3 is 6.09 Å². The summed E-state index contributed by atoms with van der Waals surface area (Å²) in [6, 6.07) is 0.388. The predicted molar refractivity (Wildman–Crippen MR) is 60.9 cm³/mol. The summed E-state index contributed by atoms with van der Waals surface area (Å²) < 4.78 is 5.19. The third-order valence-electron chi connectivity index (χ3n) is 3.00. The summed E-state index contributed by atoms with van der Waals surface area (Å²) in [5, 5.41) is 0. The fraction of sp³-hybridized carbons (Fsp3) is 0.917. The van der Waals surface area contributed by atoms with Crippen LogP contribution in [-0.2, 0) is 4.74 Å².